The average Bonchev–Trinajstić information content (AvgIpc) is 2.76. The van der Waals surface area contributed by atoms with Gasteiger partial charge in [0.15, 0.2) is 15.5 Å². The lowest BCUT2D eigenvalue weighted by Gasteiger charge is -2.21. The van der Waals surface area contributed by atoms with Gasteiger partial charge < -0.3 is 5.73 Å². The molecule has 1 saturated heterocycles. The lowest BCUT2D eigenvalue weighted by atomic mass is 10.1. The second kappa shape index (κ2) is 4.48. The number of nitrogens with two attached hydrogens (primary N) is 1. The largest absolute Gasteiger partial charge is 0.384 e. The van der Waals surface area contributed by atoms with E-state index in [1.54, 1.807) is 22.8 Å². The SMILES string of the molecule is Nc1ccnc2cc(CC3CCCCS3(=O)=O)nn12. The van der Waals surface area contributed by atoms with Gasteiger partial charge in [-0.15, -0.1) is 0 Å². The third-order valence-electron chi connectivity index (χ3n) is 3.59. The van der Waals surface area contributed by atoms with Gasteiger partial charge in [-0.1, -0.05) is 6.42 Å². The predicted molar refractivity (Wildman–Crippen MR) is 72.5 cm³/mol. The van der Waals surface area contributed by atoms with Crippen molar-refractivity contribution in [2.75, 3.05) is 11.5 Å². The van der Waals surface area contributed by atoms with E-state index in [9.17, 15) is 8.42 Å². The first kappa shape index (κ1) is 12.4. The van der Waals surface area contributed by atoms with Crippen LogP contribution in [0.2, 0.25) is 0 Å². The van der Waals surface area contributed by atoms with E-state index in [4.69, 9.17) is 5.73 Å². The van der Waals surface area contributed by atoms with Gasteiger partial charge in [0, 0.05) is 18.7 Å². The molecule has 2 aromatic heterocycles. The molecule has 0 saturated carbocycles. The molecule has 1 unspecified atom stereocenters. The molecule has 2 N–H and O–H groups in total. The van der Waals surface area contributed by atoms with Crippen LogP contribution in [0.1, 0.15) is 25.0 Å². The van der Waals surface area contributed by atoms with Crippen molar-refractivity contribution < 1.29 is 8.42 Å². The summed E-state index contributed by atoms with van der Waals surface area (Å²) in [4.78, 5) is 4.16. The molecule has 7 heteroatoms. The van der Waals surface area contributed by atoms with Gasteiger partial charge in [-0.05, 0) is 18.9 Å². The fraction of sp³-hybridized carbons (Fsp3) is 0.500. The first-order chi connectivity index (χ1) is 9.06. The number of nitrogen functional groups attached to an aromatic ring is 1. The molecule has 1 aliphatic rings. The van der Waals surface area contributed by atoms with Crippen molar-refractivity contribution in [3.05, 3.63) is 24.0 Å². The van der Waals surface area contributed by atoms with E-state index in [1.807, 2.05) is 0 Å². The first-order valence-electron chi connectivity index (χ1n) is 6.37. The first-order valence-corrected chi connectivity index (χ1v) is 8.08. The van der Waals surface area contributed by atoms with Gasteiger partial charge in [-0.3, -0.25) is 0 Å². The molecule has 0 aliphatic carbocycles. The molecule has 1 fully saturated rings. The van der Waals surface area contributed by atoms with Crippen LogP contribution in [0.5, 0.6) is 0 Å². The fourth-order valence-corrected chi connectivity index (χ4v) is 4.44. The summed E-state index contributed by atoms with van der Waals surface area (Å²) in [5.41, 5.74) is 7.19. The third-order valence-corrected chi connectivity index (χ3v) is 5.86. The Balaban J connectivity index is 1.91. The molecule has 102 valence electrons. The summed E-state index contributed by atoms with van der Waals surface area (Å²) in [7, 11) is -2.97. The number of rotatable bonds is 2. The van der Waals surface area contributed by atoms with Crippen LogP contribution in [0, 0.1) is 0 Å². The maximum atomic E-state index is 12.0. The molecule has 1 atom stereocenters. The van der Waals surface area contributed by atoms with Crippen LogP contribution in [0.4, 0.5) is 5.82 Å². The van der Waals surface area contributed by atoms with Crippen molar-refractivity contribution in [1.29, 1.82) is 0 Å². The average molecular weight is 280 g/mol. The summed E-state index contributed by atoms with van der Waals surface area (Å²) >= 11 is 0. The molecule has 0 spiro atoms. The normalized spacial score (nSPS) is 22.6. The van der Waals surface area contributed by atoms with Crippen molar-refractivity contribution in [3.8, 4) is 0 Å². The highest BCUT2D eigenvalue weighted by Gasteiger charge is 2.29. The van der Waals surface area contributed by atoms with E-state index >= 15 is 0 Å². The quantitative estimate of drug-likeness (QED) is 0.879. The Kier molecular flexibility index (Phi) is 2.93. The smallest absolute Gasteiger partial charge is 0.157 e. The highest BCUT2D eigenvalue weighted by Crippen LogP contribution is 2.23. The number of hydrogen-bond donors (Lipinski definition) is 1. The van der Waals surface area contributed by atoms with Crippen LogP contribution in [-0.4, -0.2) is 34.0 Å². The maximum absolute atomic E-state index is 12.0. The number of hydrogen-bond acceptors (Lipinski definition) is 5. The second-order valence-electron chi connectivity index (χ2n) is 4.96. The van der Waals surface area contributed by atoms with Gasteiger partial charge >= 0.3 is 0 Å². The van der Waals surface area contributed by atoms with Crippen molar-refractivity contribution >= 4 is 21.3 Å². The lowest BCUT2D eigenvalue weighted by Crippen LogP contribution is -2.30. The second-order valence-corrected chi connectivity index (χ2v) is 7.36. The van der Waals surface area contributed by atoms with E-state index in [-0.39, 0.29) is 5.25 Å². The standard InChI is InChI=1S/C12H16N4O2S/c13-11-4-5-14-12-8-9(15-16(11)12)7-10-3-1-2-6-19(10,17)18/h4-5,8,10H,1-3,6-7,13H2. The van der Waals surface area contributed by atoms with Gasteiger partial charge in [-0.2, -0.15) is 9.61 Å². The molecule has 6 nitrogen and oxygen atoms in total. The molecule has 0 bridgehead atoms. The summed E-state index contributed by atoms with van der Waals surface area (Å²) in [5.74, 6) is 0.800. The van der Waals surface area contributed by atoms with Gasteiger partial charge in [0.2, 0.25) is 0 Å². The van der Waals surface area contributed by atoms with E-state index < -0.39 is 9.84 Å². The highest BCUT2D eigenvalue weighted by molar-refractivity contribution is 7.92. The Labute approximate surface area is 111 Å². The summed E-state index contributed by atoms with van der Waals surface area (Å²) < 4.78 is 25.5. The van der Waals surface area contributed by atoms with Crippen molar-refractivity contribution in [2.24, 2.45) is 0 Å². The van der Waals surface area contributed by atoms with Crippen LogP contribution in [0.25, 0.3) is 5.65 Å². The van der Waals surface area contributed by atoms with E-state index in [1.165, 1.54) is 0 Å². The summed E-state index contributed by atoms with van der Waals surface area (Å²) in [6.07, 6.45) is 4.54. The van der Waals surface area contributed by atoms with E-state index in [0.717, 1.165) is 25.0 Å². The van der Waals surface area contributed by atoms with Gasteiger partial charge in [0.25, 0.3) is 0 Å². The topological polar surface area (TPSA) is 90.3 Å². The minimum atomic E-state index is -2.97. The molecule has 0 radical (unpaired) electrons. The van der Waals surface area contributed by atoms with E-state index in [2.05, 4.69) is 10.1 Å². The Morgan fingerprint density at radius 1 is 1.42 bits per heavy atom. The molecule has 3 rings (SSSR count). The summed E-state index contributed by atoms with van der Waals surface area (Å²) in [6.45, 7) is 0. The zero-order valence-electron chi connectivity index (χ0n) is 10.5. The van der Waals surface area contributed by atoms with Crippen molar-refractivity contribution in [2.45, 2.75) is 30.9 Å². The maximum Gasteiger partial charge on any atom is 0.157 e. The van der Waals surface area contributed by atoms with Crippen molar-refractivity contribution in [3.63, 3.8) is 0 Å². The zero-order valence-corrected chi connectivity index (χ0v) is 11.3. The van der Waals surface area contributed by atoms with Crippen LogP contribution >= 0.6 is 0 Å². The third kappa shape index (κ3) is 2.30. The number of nitrogens with zero attached hydrogens (tertiary/aromatic N) is 3. The predicted octanol–water partition coefficient (Wildman–Crippen LogP) is 0.821. The van der Waals surface area contributed by atoms with Crippen LogP contribution in [0.3, 0.4) is 0 Å². The molecule has 1 aliphatic heterocycles. The number of aromatic nitrogens is 3. The minimum absolute atomic E-state index is 0.297. The van der Waals surface area contributed by atoms with Gasteiger partial charge in [0.05, 0.1) is 16.7 Å². The van der Waals surface area contributed by atoms with Crippen LogP contribution < -0.4 is 5.73 Å². The Bertz CT molecular complexity index is 708. The molecule has 3 heterocycles. The van der Waals surface area contributed by atoms with Gasteiger partial charge in [-0.25, -0.2) is 13.4 Å². The Morgan fingerprint density at radius 2 is 2.26 bits per heavy atom. The summed E-state index contributed by atoms with van der Waals surface area (Å²) in [5, 5.41) is 4.02. The molecule has 2 aromatic rings. The molecule has 19 heavy (non-hydrogen) atoms. The minimum Gasteiger partial charge on any atom is -0.384 e. The van der Waals surface area contributed by atoms with E-state index in [0.29, 0.717) is 23.6 Å². The monoisotopic (exact) mass is 280 g/mol. The van der Waals surface area contributed by atoms with Crippen LogP contribution in [0.15, 0.2) is 18.3 Å². The van der Waals surface area contributed by atoms with Crippen LogP contribution in [-0.2, 0) is 16.3 Å². The molecular formula is C12H16N4O2S. The molecule has 0 amide bonds. The molecule has 0 aromatic carbocycles. The Morgan fingerprint density at radius 3 is 3.00 bits per heavy atom. The van der Waals surface area contributed by atoms with Gasteiger partial charge in [0.1, 0.15) is 5.82 Å². The fourth-order valence-electron chi connectivity index (χ4n) is 2.54. The molecular weight excluding hydrogens is 264 g/mol. The lowest BCUT2D eigenvalue weighted by molar-refractivity contribution is 0.536. The number of sulfone groups is 1. The zero-order chi connectivity index (χ0) is 13.5. The van der Waals surface area contributed by atoms with Crippen molar-refractivity contribution in [1.82, 2.24) is 14.6 Å². The number of anilines is 1. The number of fused-ring (bicyclic) bond motifs is 1. The Hall–Kier alpha value is -1.63. The summed E-state index contributed by atoms with van der Waals surface area (Å²) in [6, 6.07) is 3.47. The highest BCUT2D eigenvalue weighted by atomic mass is 32.2.